The first-order valence-corrected chi connectivity index (χ1v) is 3.93. The fourth-order valence-electron chi connectivity index (χ4n) is 0.977. The van der Waals surface area contributed by atoms with Crippen molar-refractivity contribution in [3.63, 3.8) is 0 Å². The monoisotopic (exact) mass is 169 g/mol. The molecule has 0 atom stereocenters. The van der Waals surface area contributed by atoms with Gasteiger partial charge in [0.15, 0.2) is 0 Å². The summed E-state index contributed by atoms with van der Waals surface area (Å²) in [6.07, 6.45) is 0. The molecule has 1 nitrogen and oxygen atoms in total. The molecule has 0 aliphatic carbocycles. The van der Waals surface area contributed by atoms with Crippen LogP contribution in [0, 0.1) is 6.92 Å². The van der Waals surface area contributed by atoms with Crippen molar-refractivity contribution in [2.24, 2.45) is 0 Å². The van der Waals surface area contributed by atoms with E-state index in [1.165, 1.54) is 0 Å². The van der Waals surface area contributed by atoms with Crippen LogP contribution < -0.4 is 4.90 Å². The van der Waals surface area contributed by atoms with Gasteiger partial charge in [0, 0.05) is 14.1 Å². The lowest BCUT2D eigenvalue weighted by atomic mass is 10.2. The number of hydrogen-bond acceptors (Lipinski definition) is 1. The number of benzene rings is 1. The van der Waals surface area contributed by atoms with Crippen LogP contribution in [0.4, 0.5) is 5.69 Å². The standard InChI is InChI=1S/C9H12ClN/c1-7-5-4-6-8(9(7)10)11(2)3/h4-6H,1-3H3. The van der Waals surface area contributed by atoms with Gasteiger partial charge in [-0.05, 0) is 18.6 Å². The third kappa shape index (κ3) is 1.66. The lowest BCUT2D eigenvalue weighted by Crippen LogP contribution is -2.09. The van der Waals surface area contributed by atoms with Gasteiger partial charge in [0.1, 0.15) is 0 Å². The smallest absolute Gasteiger partial charge is 0.0668 e. The van der Waals surface area contributed by atoms with Crippen molar-refractivity contribution in [2.75, 3.05) is 19.0 Å². The average Bonchev–Trinajstić information content (AvgIpc) is 1.94. The Hall–Kier alpha value is -0.690. The lowest BCUT2D eigenvalue weighted by Gasteiger charge is -2.14. The number of nitrogens with zero attached hydrogens (tertiary/aromatic N) is 1. The highest BCUT2D eigenvalue weighted by atomic mass is 35.5. The van der Waals surface area contributed by atoms with Crippen molar-refractivity contribution in [1.29, 1.82) is 0 Å². The molecule has 1 aromatic rings. The number of aryl methyl sites for hydroxylation is 1. The SMILES string of the molecule is Cc1cccc(N(C)C)c1Cl. The first kappa shape index (κ1) is 8.41. The summed E-state index contributed by atoms with van der Waals surface area (Å²) < 4.78 is 0. The maximum atomic E-state index is 6.05. The van der Waals surface area contributed by atoms with Gasteiger partial charge in [-0.2, -0.15) is 0 Å². The van der Waals surface area contributed by atoms with Crippen LogP contribution in [-0.4, -0.2) is 14.1 Å². The third-order valence-electron chi connectivity index (χ3n) is 1.65. The van der Waals surface area contributed by atoms with E-state index in [1.54, 1.807) is 0 Å². The van der Waals surface area contributed by atoms with Crippen LogP contribution in [-0.2, 0) is 0 Å². The minimum Gasteiger partial charge on any atom is -0.376 e. The fraction of sp³-hybridized carbons (Fsp3) is 0.333. The van der Waals surface area contributed by atoms with E-state index in [2.05, 4.69) is 0 Å². The van der Waals surface area contributed by atoms with Gasteiger partial charge in [0.2, 0.25) is 0 Å². The molecule has 0 radical (unpaired) electrons. The Balaban J connectivity index is 3.17. The predicted molar refractivity (Wildman–Crippen MR) is 50.5 cm³/mol. The molecular weight excluding hydrogens is 158 g/mol. The summed E-state index contributed by atoms with van der Waals surface area (Å²) in [4.78, 5) is 2.01. The molecule has 0 saturated heterocycles. The zero-order valence-corrected chi connectivity index (χ0v) is 7.81. The average molecular weight is 170 g/mol. The molecule has 1 aromatic carbocycles. The normalized spacial score (nSPS) is 9.82. The topological polar surface area (TPSA) is 3.24 Å². The zero-order valence-electron chi connectivity index (χ0n) is 7.06. The van der Waals surface area contributed by atoms with Gasteiger partial charge in [-0.15, -0.1) is 0 Å². The molecule has 0 saturated carbocycles. The summed E-state index contributed by atoms with van der Waals surface area (Å²) in [5.74, 6) is 0. The zero-order chi connectivity index (χ0) is 8.43. The van der Waals surface area contributed by atoms with Crippen LogP contribution in [0.15, 0.2) is 18.2 Å². The number of rotatable bonds is 1. The van der Waals surface area contributed by atoms with E-state index >= 15 is 0 Å². The number of anilines is 1. The van der Waals surface area contributed by atoms with Gasteiger partial charge >= 0.3 is 0 Å². The summed E-state index contributed by atoms with van der Waals surface area (Å²) in [6.45, 7) is 2.01. The van der Waals surface area contributed by atoms with Crippen LogP contribution in [0.5, 0.6) is 0 Å². The summed E-state index contributed by atoms with van der Waals surface area (Å²) >= 11 is 6.05. The van der Waals surface area contributed by atoms with Gasteiger partial charge in [0.25, 0.3) is 0 Å². The minimum atomic E-state index is 0.845. The second-order valence-electron chi connectivity index (χ2n) is 2.80. The summed E-state index contributed by atoms with van der Waals surface area (Å²) in [5.41, 5.74) is 2.20. The van der Waals surface area contributed by atoms with Gasteiger partial charge in [-0.25, -0.2) is 0 Å². The van der Waals surface area contributed by atoms with Gasteiger partial charge in [-0.1, -0.05) is 23.7 Å². The molecule has 2 heteroatoms. The van der Waals surface area contributed by atoms with E-state index in [-0.39, 0.29) is 0 Å². The fourth-order valence-corrected chi connectivity index (χ4v) is 1.27. The van der Waals surface area contributed by atoms with Crippen LogP contribution in [0.2, 0.25) is 5.02 Å². The number of halogens is 1. The summed E-state index contributed by atoms with van der Waals surface area (Å²) in [5, 5.41) is 0.845. The van der Waals surface area contributed by atoms with E-state index in [4.69, 9.17) is 11.6 Å². The molecule has 0 aromatic heterocycles. The van der Waals surface area contributed by atoms with E-state index < -0.39 is 0 Å². The highest BCUT2D eigenvalue weighted by Crippen LogP contribution is 2.26. The Morgan fingerprint density at radius 3 is 2.36 bits per heavy atom. The van der Waals surface area contributed by atoms with E-state index in [9.17, 15) is 0 Å². The second-order valence-corrected chi connectivity index (χ2v) is 3.18. The number of hydrogen-bond donors (Lipinski definition) is 0. The maximum Gasteiger partial charge on any atom is 0.0668 e. The Labute approximate surface area is 72.6 Å². The maximum absolute atomic E-state index is 6.05. The van der Waals surface area contributed by atoms with Crippen molar-refractivity contribution < 1.29 is 0 Å². The highest BCUT2D eigenvalue weighted by Gasteiger charge is 2.02. The van der Waals surface area contributed by atoms with Crippen molar-refractivity contribution in [3.05, 3.63) is 28.8 Å². The first-order chi connectivity index (χ1) is 5.13. The molecule has 0 unspecified atom stereocenters. The van der Waals surface area contributed by atoms with Crippen molar-refractivity contribution in [2.45, 2.75) is 6.92 Å². The molecule has 60 valence electrons. The Morgan fingerprint density at radius 2 is 1.91 bits per heavy atom. The molecule has 0 amide bonds. The van der Waals surface area contributed by atoms with Crippen LogP contribution in [0.3, 0.4) is 0 Å². The summed E-state index contributed by atoms with van der Waals surface area (Å²) in [7, 11) is 3.97. The molecule has 0 bridgehead atoms. The quantitative estimate of drug-likeness (QED) is 0.625. The molecule has 0 N–H and O–H groups in total. The van der Waals surface area contributed by atoms with Gasteiger partial charge in [-0.3, -0.25) is 0 Å². The van der Waals surface area contributed by atoms with Crippen molar-refractivity contribution in [3.8, 4) is 0 Å². The minimum absolute atomic E-state index is 0.845. The highest BCUT2D eigenvalue weighted by molar-refractivity contribution is 6.34. The third-order valence-corrected chi connectivity index (χ3v) is 2.14. The Bertz CT molecular complexity index is 256. The Kier molecular flexibility index (Phi) is 2.40. The lowest BCUT2D eigenvalue weighted by molar-refractivity contribution is 1.13. The van der Waals surface area contributed by atoms with Crippen LogP contribution >= 0.6 is 11.6 Å². The summed E-state index contributed by atoms with van der Waals surface area (Å²) in [6, 6.07) is 6.03. The predicted octanol–water partition coefficient (Wildman–Crippen LogP) is 2.71. The molecule has 1 rings (SSSR count). The van der Waals surface area contributed by atoms with Crippen LogP contribution in [0.1, 0.15) is 5.56 Å². The van der Waals surface area contributed by atoms with Crippen molar-refractivity contribution in [1.82, 2.24) is 0 Å². The Morgan fingerprint density at radius 1 is 1.27 bits per heavy atom. The van der Waals surface area contributed by atoms with Crippen molar-refractivity contribution >= 4 is 17.3 Å². The van der Waals surface area contributed by atoms with Gasteiger partial charge in [0.05, 0.1) is 10.7 Å². The second kappa shape index (κ2) is 3.14. The molecule has 0 aliphatic heterocycles. The first-order valence-electron chi connectivity index (χ1n) is 3.55. The van der Waals surface area contributed by atoms with Crippen LogP contribution in [0.25, 0.3) is 0 Å². The molecule has 0 fully saturated rings. The van der Waals surface area contributed by atoms with E-state index in [0.717, 1.165) is 16.3 Å². The molecule has 0 heterocycles. The van der Waals surface area contributed by atoms with E-state index in [1.807, 2.05) is 44.1 Å². The molecule has 0 aliphatic rings. The molecule has 0 spiro atoms. The molecular formula is C9H12ClN. The van der Waals surface area contributed by atoms with E-state index in [0.29, 0.717) is 0 Å². The van der Waals surface area contributed by atoms with Gasteiger partial charge < -0.3 is 4.90 Å². The largest absolute Gasteiger partial charge is 0.376 e. The molecule has 11 heavy (non-hydrogen) atoms.